The molecule has 0 aliphatic heterocycles. The van der Waals surface area contributed by atoms with E-state index in [1.165, 1.54) is 29.6 Å². The van der Waals surface area contributed by atoms with Gasteiger partial charge < -0.3 is 9.84 Å². The van der Waals surface area contributed by atoms with E-state index >= 15 is 0 Å². The molecule has 0 amide bonds. The number of sulfonamides is 1. The minimum absolute atomic E-state index is 0.0828. The lowest BCUT2D eigenvalue weighted by molar-refractivity contribution is 0.372. The summed E-state index contributed by atoms with van der Waals surface area (Å²) in [5.74, 6) is 0.0359. The van der Waals surface area contributed by atoms with E-state index in [4.69, 9.17) is 4.74 Å². The molecule has 0 spiro atoms. The Labute approximate surface area is 130 Å². The summed E-state index contributed by atoms with van der Waals surface area (Å²) in [4.78, 5) is 0.0828. The highest BCUT2D eigenvalue weighted by Crippen LogP contribution is 2.31. The van der Waals surface area contributed by atoms with Crippen LogP contribution in [0.3, 0.4) is 0 Å². The maximum atomic E-state index is 12.9. The highest BCUT2D eigenvalue weighted by atomic mass is 32.2. The molecular formula is C16H19NO4S. The predicted octanol–water partition coefficient (Wildman–Crippen LogP) is 3.01. The van der Waals surface area contributed by atoms with Crippen molar-refractivity contribution in [2.24, 2.45) is 0 Å². The van der Waals surface area contributed by atoms with E-state index in [0.717, 1.165) is 0 Å². The highest BCUT2D eigenvalue weighted by molar-refractivity contribution is 7.92. The van der Waals surface area contributed by atoms with Crippen LogP contribution in [0.15, 0.2) is 53.4 Å². The minimum atomic E-state index is -3.72. The highest BCUT2D eigenvalue weighted by Gasteiger charge is 2.25. The summed E-state index contributed by atoms with van der Waals surface area (Å²) in [7, 11) is -2.34. The van der Waals surface area contributed by atoms with Gasteiger partial charge in [0.1, 0.15) is 0 Å². The number of methoxy groups -OCH3 is 1. The molecule has 0 atom stereocenters. The molecule has 0 aromatic heterocycles. The van der Waals surface area contributed by atoms with Crippen LogP contribution in [0.4, 0.5) is 5.69 Å². The lowest BCUT2D eigenvalue weighted by atomic mass is 10.3. The van der Waals surface area contributed by atoms with Gasteiger partial charge in [-0.1, -0.05) is 25.1 Å². The molecule has 0 fully saturated rings. The van der Waals surface area contributed by atoms with Crippen molar-refractivity contribution in [3.05, 3.63) is 48.5 Å². The van der Waals surface area contributed by atoms with Crippen LogP contribution in [0.1, 0.15) is 13.3 Å². The number of phenols is 1. The maximum Gasteiger partial charge on any atom is 0.264 e. The molecule has 0 unspecified atom stereocenters. The van der Waals surface area contributed by atoms with Crippen molar-refractivity contribution >= 4 is 15.7 Å². The molecule has 0 bridgehead atoms. The Balaban J connectivity index is 2.50. The molecule has 0 aliphatic rings. The molecule has 5 nitrogen and oxygen atoms in total. The zero-order valence-electron chi connectivity index (χ0n) is 12.6. The smallest absolute Gasteiger partial charge is 0.264 e. The molecule has 0 aliphatic carbocycles. The Hall–Kier alpha value is -2.21. The van der Waals surface area contributed by atoms with Gasteiger partial charge in [-0.25, -0.2) is 8.42 Å². The average molecular weight is 321 g/mol. The van der Waals surface area contributed by atoms with E-state index in [2.05, 4.69) is 0 Å². The average Bonchev–Trinajstić information content (AvgIpc) is 2.53. The molecule has 1 N–H and O–H groups in total. The first-order valence-corrected chi connectivity index (χ1v) is 8.39. The normalized spacial score (nSPS) is 11.2. The van der Waals surface area contributed by atoms with Gasteiger partial charge in [0, 0.05) is 12.6 Å². The van der Waals surface area contributed by atoms with Crippen LogP contribution in [0, 0.1) is 0 Å². The van der Waals surface area contributed by atoms with Crippen molar-refractivity contribution in [3.63, 3.8) is 0 Å². The van der Waals surface area contributed by atoms with Gasteiger partial charge in [0.2, 0.25) is 0 Å². The number of ether oxygens (including phenoxy) is 1. The molecule has 0 saturated carbocycles. The van der Waals surface area contributed by atoms with Gasteiger partial charge in [0.05, 0.1) is 17.7 Å². The summed E-state index contributed by atoms with van der Waals surface area (Å²) in [5.41, 5.74) is 0.608. The number of benzene rings is 2. The van der Waals surface area contributed by atoms with Gasteiger partial charge in [-0.3, -0.25) is 4.31 Å². The van der Waals surface area contributed by atoms with Gasteiger partial charge in [0.15, 0.2) is 11.5 Å². The summed E-state index contributed by atoms with van der Waals surface area (Å²) in [6.07, 6.45) is 0.684. The molecule has 0 saturated heterocycles. The third-order valence-corrected chi connectivity index (χ3v) is 5.03. The fourth-order valence-electron chi connectivity index (χ4n) is 2.13. The molecule has 22 heavy (non-hydrogen) atoms. The lowest BCUT2D eigenvalue weighted by Gasteiger charge is -2.24. The Bertz CT molecular complexity index is 729. The van der Waals surface area contributed by atoms with Crippen molar-refractivity contribution in [2.75, 3.05) is 18.0 Å². The predicted molar refractivity (Wildman–Crippen MR) is 85.9 cm³/mol. The molecule has 2 aromatic rings. The van der Waals surface area contributed by atoms with Crippen LogP contribution in [0.25, 0.3) is 0 Å². The number of hydrogen-bond donors (Lipinski definition) is 1. The molecule has 2 aromatic carbocycles. The molecule has 0 heterocycles. The zero-order valence-corrected chi connectivity index (χ0v) is 13.4. The van der Waals surface area contributed by atoms with Gasteiger partial charge in [-0.05, 0) is 30.7 Å². The number of rotatable bonds is 6. The topological polar surface area (TPSA) is 66.8 Å². The number of anilines is 1. The van der Waals surface area contributed by atoms with Crippen LogP contribution in [-0.4, -0.2) is 27.2 Å². The fraction of sp³-hybridized carbons (Fsp3) is 0.250. The van der Waals surface area contributed by atoms with E-state index < -0.39 is 10.0 Å². The van der Waals surface area contributed by atoms with Crippen molar-refractivity contribution in [2.45, 2.75) is 18.2 Å². The monoisotopic (exact) mass is 321 g/mol. The van der Waals surface area contributed by atoms with Crippen LogP contribution in [0.2, 0.25) is 0 Å². The molecular weight excluding hydrogens is 302 g/mol. The van der Waals surface area contributed by atoms with Gasteiger partial charge >= 0.3 is 0 Å². The quantitative estimate of drug-likeness (QED) is 0.888. The Kier molecular flexibility index (Phi) is 4.92. The van der Waals surface area contributed by atoms with Crippen molar-refractivity contribution < 1.29 is 18.3 Å². The molecule has 118 valence electrons. The largest absolute Gasteiger partial charge is 0.504 e. The van der Waals surface area contributed by atoms with Gasteiger partial charge in [-0.2, -0.15) is 0 Å². The summed E-state index contributed by atoms with van der Waals surface area (Å²) in [6, 6.07) is 13.0. The van der Waals surface area contributed by atoms with Crippen molar-refractivity contribution in [1.82, 2.24) is 0 Å². The summed E-state index contributed by atoms with van der Waals surface area (Å²) >= 11 is 0. The number of nitrogens with zero attached hydrogens (tertiary/aromatic N) is 1. The van der Waals surface area contributed by atoms with Crippen molar-refractivity contribution in [1.29, 1.82) is 0 Å². The first kappa shape index (κ1) is 16.2. The van der Waals surface area contributed by atoms with Crippen LogP contribution in [0.5, 0.6) is 11.5 Å². The van der Waals surface area contributed by atoms with Crippen LogP contribution >= 0.6 is 0 Å². The number of phenolic OH excluding ortho intramolecular Hbond substituents is 1. The van der Waals surface area contributed by atoms with Gasteiger partial charge in [0.25, 0.3) is 10.0 Å². The molecule has 2 rings (SSSR count). The fourth-order valence-corrected chi connectivity index (χ4v) is 3.70. The third-order valence-electron chi connectivity index (χ3n) is 3.21. The minimum Gasteiger partial charge on any atom is -0.504 e. The third kappa shape index (κ3) is 3.17. The van der Waals surface area contributed by atoms with E-state index in [9.17, 15) is 13.5 Å². The standard InChI is InChI=1S/C16H19NO4S/c1-3-11-17(13-7-5-4-6-8-13)22(19,20)14-9-10-15(18)16(12-14)21-2/h4-10,12,18H,3,11H2,1-2H3. The summed E-state index contributed by atoms with van der Waals surface area (Å²) < 4.78 is 32.1. The first-order chi connectivity index (χ1) is 10.5. The van der Waals surface area contributed by atoms with Gasteiger partial charge in [-0.15, -0.1) is 0 Å². The van der Waals surface area contributed by atoms with E-state index in [-0.39, 0.29) is 16.4 Å². The first-order valence-electron chi connectivity index (χ1n) is 6.95. The second kappa shape index (κ2) is 6.70. The van der Waals surface area contributed by atoms with Crippen LogP contribution in [-0.2, 0) is 10.0 Å². The lowest BCUT2D eigenvalue weighted by Crippen LogP contribution is -2.31. The van der Waals surface area contributed by atoms with E-state index in [1.807, 2.05) is 13.0 Å². The maximum absolute atomic E-state index is 12.9. The van der Waals surface area contributed by atoms with Crippen molar-refractivity contribution in [3.8, 4) is 11.5 Å². The molecule has 6 heteroatoms. The molecule has 0 radical (unpaired) electrons. The Morgan fingerprint density at radius 3 is 2.41 bits per heavy atom. The second-order valence-corrected chi connectivity index (χ2v) is 6.61. The zero-order chi connectivity index (χ0) is 16.2. The summed E-state index contributed by atoms with van der Waals surface area (Å²) in [6.45, 7) is 2.29. The SMILES string of the molecule is CCCN(c1ccccc1)S(=O)(=O)c1ccc(O)c(OC)c1. The van der Waals surface area contributed by atoms with E-state index in [0.29, 0.717) is 18.7 Å². The number of hydrogen-bond acceptors (Lipinski definition) is 4. The second-order valence-electron chi connectivity index (χ2n) is 4.75. The number of aromatic hydroxyl groups is 1. The van der Waals surface area contributed by atoms with E-state index in [1.54, 1.807) is 24.3 Å². The summed E-state index contributed by atoms with van der Waals surface area (Å²) in [5, 5.41) is 9.63. The Morgan fingerprint density at radius 1 is 1.14 bits per heavy atom. The van der Waals surface area contributed by atoms with Crippen LogP contribution < -0.4 is 9.04 Å². The Morgan fingerprint density at radius 2 is 1.82 bits per heavy atom. The number of para-hydroxylation sites is 1.